The van der Waals surface area contributed by atoms with Crippen molar-refractivity contribution in [2.75, 3.05) is 34.8 Å². The highest BCUT2D eigenvalue weighted by molar-refractivity contribution is 5.94. The predicted molar refractivity (Wildman–Crippen MR) is 110 cm³/mol. The summed E-state index contributed by atoms with van der Waals surface area (Å²) in [6.07, 6.45) is 7.15. The highest BCUT2D eigenvalue weighted by atomic mass is 16.5. The molecule has 0 unspecified atom stereocenters. The Morgan fingerprint density at radius 2 is 1.93 bits per heavy atom. The lowest BCUT2D eigenvalue weighted by molar-refractivity contribution is 0.232. The second-order valence-electron chi connectivity index (χ2n) is 7.75. The Balaban J connectivity index is 1.82. The third kappa shape index (κ3) is 4.62. The minimum atomic E-state index is -0.0442. The molecule has 0 saturated heterocycles. The molecule has 3 rings (SSSR count). The lowest BCUT2D eigenvalue weighted by Gasteiger charge is -2.28. The molecular formula is C21H32N4O2. The molecule has 1 amide bonds. The fraction of sp³-hybridized carbons (Fsp3) is 0.571. The molecule has 6 heteroatoms. The number of carbonyl (C=O) groups is 1. The number of hydrogen-bond donors (Lipinski definition) is 2. The summed E-state index contributed by atoms with van der Waals surface area (Å²) in [6, 6.07) is 6.75. The molecule has 6 nitrogen and oxygen atoms in total. The first-order valence-electron chi connectivity index (χ1n) is 9.82. The van der Waals surface area contributed by atoms with Crippen LogP contribution in [0.3, 0.4) is 0 Å². The van der Waals surface area contributed by atoms with E-state index in [4.69, 9.17) is 4.74 Å². The van der Waals surface area contributed by atoms with Crippen molar-refractivity contribution < 1.29 is 9.53 Å². The summed E-state index contributed by atoms with van der Waals surface area (Å²) in [5.41, 5.74) is 2.10. The van der Waals surface area contributed by atoms with Crippen LogP contribution in [-0.4, -0.2) is 62.4 Å². The van der Waals surface area contributed by atoms with E-state index in [0.29, 0.717) is 6.04 Å². The molecule has 148 valence electrons. The third-order valence-corrected chi connectivity index (χ3v) is 5.61. The first kappa shape index (κ1) is 19.7. The van der Waals surface area contributed by atoms with Crippen molar-refractivity contribution in [3.63, 3.8) is 0 Å². The van der Waals surface area contributed by atoms with Crippen molar-refractivity contribution in [3.8, 4) is 5.75 Å². The van der Waals surface area contributed by atoms with Gasteiger partial charge in [-0.1, -0.05) is 0 Å². The molecule has 1 saturated carbocycles. The van der Waals surface area contributed by atoms with Crippen LogP contribution >= 0.6 is 0 Å². The van der Waals surface area contributed by atoms with Crippen molar-refractivity contribution in [3.05, 3.63) is 30.0 Å². The molecule has 0 spiro atoms. The van der Waals surface area contributed by atoms with Gasteiger partial charge in [0.25, 0.3) is 0 Å². The van der Waals surface area contributed by atoms with Crippen LogP contribution in [0.25, 0.3) is 10.9 Å². The molecule has 2 aromatic rings. The van der Waals surface area contributed by atoms with Crippen LogP contribution in [0.2, 0.25) is 0 Å². The standard InChI is InChI=1S/C21H32N4O2/c1-22-16-5-7-17(8-6-16)23-21(26)25-14-15(11-12-24(2)3)19-10-9-18(27-4)13-20(19)25/h9-10,13-14,16-17,22H,5-8,11-12H2,1-4H3,(H,23,26). The van der Waals surface area contributed by atoms with Gasteiger partial charge in [0.15, 0.2) is 0 Å². The number of rotatable bonds is 6. The Labute approximate surface area is 161 Å². The van der Waals surface area contributed by atoms with Gasteiger partial charge in [0.2, 0.25) is 0 Å². The quantitative estimate of drug-likeness (QED) is 0.819. The molecule has 2 N–H and O–H groups in total. The lowest BCUT2D eigenvalue weighted by Crippen LogP contribution is -2.42. The molecule has 1 aromatic carbocycles. The molecule has 0 atom stereocenters. The number of nitrogens with zero attached hydrogens (tertiary/aromatic N) is 2. The van der Waals surface area contributed by atoms with Crippen molar-refractivity contribution in [1.29, 1.82) is 0 Å². The Morgan fingerprint density at radius 3 is 2.56 bits per heavy atom. The van der Waals surface area contributed by atoms with Crippen molar-refractivity contribution in [1.82, 2.24) is 20.1 Å². The molecule has 1 aliphatic carbocycles. The number of hydrogen-bond acceptors (Lipinski definition) is 4. The van der Waals surface area contributed by atoms with Crippen LogP contribution in [0.1, 0.15) is 31.2 Å². The molecule has 1 aliphatic rings. The molecule has 1 aromatic heterocycles. The summed E-state index contributed by atoms with van der Waals surface area (Å²) in [6.45, 7) is 0.945. The highest BCUT2D eigenvalue weighted by Crippen LogP contribution is 2.27. The number of ether oxygens (including phenoxy) is 1. The largest absolute Gasteiger partial charge is 0.497 e. The van der Waals surface area contributed by atoms with Gasteiger partial charge < -0.3 is 20.3 Å². The topological polar surface area (TPSA) is 58.5 Å². The summed E-state index contributed by atoms with van der Waals surface area (Å²) >= 11 is 0. The van der Waals surface area contributed by atoms with E-state index in [1.165, 1.54) is 5.56 Å². The van der Waals surface area contributed by atoms with Gasteiger partial charge in [-0.25, -0.2) is 4.79 Å². The van der Waals surface area contributed by atoms with Crippen LogP contribution in [0.15, 0.2) is 24.4 Å². The van der Waals surface area contributed by atoms with Crippen LogP contribution in [-0.2, 0) is 6.42 Å². The van der Waals surface area contributed by atoms with E-state index in [1.807, 2.05) is 25.4 Å². The van der Waals surface area contributed by atoms with Crippen LogP contribution in [0, 0.1) is 0 Å². The van der Waals surface area contributed by atoms with E-state index in [0.717, 1.165) is 55.3 Å². The molecule has 27 heavy (non-hydrogen) atoms. The zero-order valence-corrected chi connectivity index (χ0v) is 16.9. The Kier molecular flexibility index (Phi) is 6.39. The second kappa shape index (κ2) is 8.76. The second-order valence-corrected chi connectivity index (χ2v) is 7.75. The van der Waals surface area contributed by atoms with Gasteiger partial charge in [0.05, 0.1) is 12.6 Å². The number of benzene rings is 1. The number of likely N-dealkylation sites (N-methyl/N-ethyl adjacent to an activating group) is 1. The molecule has 0 radical (unpaired) electrons. The van der Waals surface area contributed by atoms with Gasteiger partial charge in [0.1, 0.15) is 5.75 Å². The fourth-order valence-electron chi connectivity index (χ4n) is 3.89. The van der Waals surface area contributed by atoms with E-state index < -0.39 is 0 Å². The van der Waals surface area contributed by atoms with Crippen molar-refractivity contribution >= 4 is 16.9 Å². The summed E-state index contributed by atoms with van der Waals surface area (Å²) in [7, 11) is 7.80. The van der Waals surface area contributed by atoms with Crippen LogP contribution in [0.5, 0.6) is 5.75 Å². The molecule has 1 fully saturated rings. The van der Waals surface area contributed by atoms with Gasteiger partial charge >= 0.3 is 6.03 Å². The SMILES string of the molecule is CNC1CCC(NC(=O)n2cc(CCN(C)C)c3ccc(OC)cc32)CC1. The number of amides is 1. The maximum atomic E-state index is 13.0. The van der Waals surface area contributed by atoms with E-state index in [9.17, 15) is 4.79 Å². The van der Waals surface area contributed by atoms with Gasteiger partial charge in [-0.15, -0.1) is 0 Å². The molecule has 1 heterocycles. The molecular weight excluding hydrogens is 340 g/mol. The van der Waals surface area contributed by atoms with Crippen LogP contribution < -0.4 is 15.4 Å². The monoisotopic (exact) mass is 372 g/mol. The summed E-state index contributed by atoms with van der Waals surface area (Å²) < 4.78 is 7.14. The van der Waals surface area contributed by atoms with Crippen LogP contribution in [0.4, 0.5) is 4.79 Å². The summed E-state index contributed by atoms with van der Waals surface area (Å²) in [5, 5.41) is 7.69. The molecule has 0 aliphatic heterocycles. The van der Waals surface area contributed by atoms with Gasteiger partial charge in [0, 0.05) is 36.3 Å². The first-order valence-corrected chi connectivity index (χ1v) is 9.82. The van der Waals surface area contributed by atoms with E-state index >= 15 is 0 Å². The average Bonchev–Trinajstić information content (AvgIpc) is 3.04. The Hall–Kier alpha value is -2.05. The molecule has 0 bridgehead atoms. The Bertz CT molecular complexity index is 776. The minimum absolute atomic E-state index is 0.0442. The fourth-order valence-corrected chi connectivity index (χ4v) is 3.89. The summed E-state index contributed by atoms with van der Waals surface area (Å²) in [4.78, 5) is 15.2. The van der Waals surface area contributed by atoms with Gasteiger partial charge in [-0.2, -0.15) is 0 Å². The van der Waals surface area contributed by atoms with Gasteiger partial charge in [-0.3, -0.25) is 4.57 Å². The lowest BCUT2D eigenvalue weighted by atomic mass is 9.91. The van der Waals surface area contributed by atoms with E-state index in [2.05, 4.69) is 35.7 Å². The Morgan fingerprint density at radius 1 is 1.22 bits per heavy atom. The number of carbonyl (C=O) groups excluding carboxylic acids is 1. The number of fused-ring (bicyclic) bond motifs is 1. The highest BCUT2D eigenvalue weighted by Gasteiger charge is 2.23. The van der Waals surface area contributed by atoms with E-state index in [1.54, 1.807) is 11.7 Å². The first-order chi connectivity index (χ1) is 13.0. The zero-order valence-electron chi connectivity index (χ0n) is 16.9. The maximum absolute atomic E-state index is 13.0. The summed E-state index contributed by atoms with van der Waals surface area (Å²) in [5.74, 6) is 0.767. The zero-order chi connectivity index (χ0) is 19.4. The average molecular weight is 373 g/mol. The minimum Gasteiger partial charge on any atom is -0.497 e. The van der Waals surface area contributed by atoms with E-state index in [-0.39, 0.29) is 12.1 Å². The smallest absolute Gasteiger partial charge is 0.326 e. The predicted octanol–water partition coefficient (Wildman–Crippen LogP) is 2.84. The van der Waals surface area contributed by atoms with Crippen molar-refractivity contribution in [2.45, 2.75) is 44.2 Å². The maximum Gasteiger partial charge on any atom is 0.326 e. The number of nitrogens with one attached hydrogen (secondary N) is 2. The van der Waals surface area contributed by atoms with Crippen molar-refractivity contribution in [2.24, 2.45) is 0 Å². The van der Waals surface area contributed by atoms with Gasteiger partial charge in [-0.05, 0) is 70.9 Å². The normalized spacial score (nSPS) is 20.2. The third-order valence-electron chi connectivity index (χ3n) is 5.61. The number of methoxy groups -OCH3 is 1. The number of aromatic nitrogens is 1.